The number of hydrogen-bond donors (Lipinski definition) is 3. The summed E-state index contributed by atoms with van der Waals surface area (Å²) in [6.45, 7) is 1.21. The number of hydrogen-bond acceptors (Lipinski definition) is 4. The van der Waals surface area contributed by atoms with Gasteiger partial charge in [-0.05, 0) is 12.1 Å². The SMILES string of the molecule is CNC(=O)CCNCc1ccc(O)cn1. The van der Waals surface area contributed by atoms with Crippen LogP contribution in [0.5, 0.6) is 5.75 Å². The Hall–Kier alpha value is -1.62. The van der Waals surface area contributed by atoms with Crippen molar-refractivity contribution < 1.29 is 9.90 Å². The van der Waals surface area contributed by atoms with Crippen LogP contribution in [0.15, 0.2) is 18.3 Å². The lowest BCUT2D eigenvalue weighted by Gasteiger charge is -2.03. The van der Waals surface area contributed by atoms with Crippen molar-refractivity contribution >= 4 is 5.91 Å². The van der Waals surface area contributed by atoms with Crippen LogP contribution in [0.2, 0.25) is 0 Å². The Labute approximate surface area is 88.5 Å². The summed E-state index contributed by atoms with van der Waals surface area (Å²) in [4.78, 5) is 14.9. The summed E-state index contributed by atoms with van der Waals surface area (Å²) < 4.78 is 0. The molecule has 15 heavy (non-hydrogen) atoms. The zero-order valence-electron chi connectivity index (χ0n) is 8.66. The lowest BCUT2D eigenvalue weighted by Crippen LogP contribution is -2.24. The van der Waals surface area contributed by atoms with Gasteiger partial charge in [-0.15, -0.1) is 0 Å². The molecule has 1 heterocycles. The number of nitrogens with one attached hydrogen (secondary N) is 2. The summed E-state index contributed by atoms with van der Waals surface area (Å²) in [5.74, 6) is 0.172. The van der Waals surface area contributed by atoms with Crippen LogP contribution in [-0.2, 0) is 11.3 Å². The van der Waals surface area contributed by atoms with E-state index in [4.69, 9.17) is 5.11 Å². The smallest absolute Gasteiger partial charge is 0.221 e. The molecule has 0 aliphatic rings. The van der Waals surface area contributed by atoms with Gasteiger partial charge in [0.05, 0.1) is 11.9 Å². The first-order valence-corrected chi connectivity index (χ1v) is 4.77. The van der Waals surface area contributed by atoms with E-state index in [1.807, 2.05) is 0 Å². The summed E-state index contributed by atoms with van der Waals surface area (Å²) >= 11 is 0. The van der Waals surface area contributed by atoms with E-state index >= 15 is 0 Å². The Bertz CT molecular complexity index is 311. The van der Waals surface area contributed by atoms with Gasteiger partial charge in [-0.25, -0.2) is 0 Å². The highest BCUT2D eigenvalue weighted by molar-refractivity contribution is 5.75. The first kappa shape index (κ1) is 11.5. The average Bonchev–Trinajstić information content (AvgIpc) is 2.26. The van der Waals surface area contributed by atoms with E-state index in [0.29, 0.717) is 19.5 Å². The van der Waals surface area contributed by atoms with Gasteiger partial charge < -0.3 is 15.7 Å². The molecule has 1 aromatic rings. The van der Waals surface area contributed by atoms with E-state index in [1.165, 1.54) is 6.20 Å². The monoisotopic (exact) mass is 209 g/mol. The summed E-state index contributed by atoms with van der Waals surface area (Å²) in [7, 11) is 1.61. The first-order valence-electron chi connectivity index (χ1n) is 4.77. The molecule has 0 unspecified atom stereocenters. The second-order valence-electron chi connectivity index (χ2n) is 3.11. The minimum absolute atomic E-state index is 0.0150. The van der Waals surface area contributed by atoms with E-state index < -0.39 is 0 Å². The van der Waals surface area contributed by atoms with Crippen LogP contribution in [0.4, 0.5) is 0 Å². The minimum Gasteiger partial charge on any atom is -0.506 e. The molecular formula is C10H15N3O2. The molecule has 0 aliphatic heterocycles. The molecular weight excluding hydrogens is 194 g/mol. The molecule has 0 aliphatic carbocycles. The molecule has 5 heteroatoms. The number of rotatable bonds is 5. The largest absolute Gasteiger partial charge is 0.506 e. The Morgan fingerprint density at radius 2 is 2.33 bits per heavy atom. The van der Waals surface area contributed by atoms with Crippen LogP contribution in [0, 0.1) is 0 Å². The Balaban J connectivity index is 2.20. The molecule has 0 saturated carbocycles. The van der Waals surface area contributed by atoms with Crippen LogP contribution >= 0.6 is 0 Å². The number of aromatic nitrogens is 1. The Kier molecular flexibility index (Phi) is 4.56. The standard InChI is InChI=1S/C10H15N3O2/c1-11-10(15)4-5-12-6-8-2-3-9(14)7-13-8/h2-3,7,12,14H,4-6H2,1H3,(H,11,15). The lowest BCUT2D eigenvalue weighted by molar-refractivity contribution is -0.120. The maximum absolute atomic E-state index is 10.9. The molecule has 0 atom stereocenters. The topological polar surface area (TPSA) is 74.2 Å². The van der Waals surface area contributed by atoms with E-state index in [1.54, 1.807) is 19.2 Å². The molecule has 0 aromatic carbocycles. The number of aromatic hydroxyl groups is 1. The molecule has 0 saturated heterocycles. The van der Waals surface area contributed by atoms with Crippen LogP contribution in [0.3, 0.4) is 0 Å². The predicted octanol–water partition coefficient (Wildman–Crippen LogP) is 0.0129. The number of carbonyl (C=O) groups excluding carboxylic acids is 1. The molecule has 0 radical (unpaired) electrons. The van der Waals surface area contributed by atoms with Crippen molar-refractivity contribution in [2.24, 2.45) is 0 Å². The summed E-state index contributed by atoms with van der Waals surface area (Å²) in [6, 6.07) is 3.32. The highest BCUT2D eigenvalue weighted by atomic mass is 16.3. The third-order valence-corrected chi connectivity index (χ3v) is 1.92. The van der Waals surface area contributed by atoms with Gasteiger partial charge in [0, 0.05) is 26.6 Å². The number of carbonyl (C=O) groups is 1. The maximum atomic E-state index is 10.9. The van der Waals surface area contributed by atoms with Crippen LogP contribution in [-0.4, -0.2) is 29.6 Å². The Morgan fingerprint density at radius 1 is 1.53 bits per heavy atom. The summed E-state index contributed by atoms with van der Waals surface area (Å²) in [5, 5.41) is 14.6. The minimum atomic E-state index is 0.0150. The van der Waals surface area contributed by atoms with E-state index in [-0.39, 0.29) is 11.7 Å². The molecule has 1 rings (SSSR count). The third kappa shape index (κ3) is 4.42. The van der Waals surface area contributed by atoms with Crippen molar-refractivity contribution in [2.45, 2.75) is 13.0 Å². The van der Waals surface area contributed by atoms with Crippen molar-refractivity contribution in [3.63, 3.8) is 0 Å². The highest BCUT2D eigenvalue weighted by Crippen LogP contribution is 2.05. The zero-order chi connectivity index (χ0) is 11.1. The van der Waals surface area contributed by atoms with Crippen molar-refractivity contribution in [3.05, 3.63) is 24.0 Å². The van der Waals surface area contributed by atoms with Gasteiger partial charge in [-0.1, -0.05) is 0 Å². The molecule has 1 amide bonds. The lowest BCUT2D eigenvalue weighted by atomic mass is 10.3. The van der Waals surface area contributed by atoms with Crippen molar-refractivity contribution in [1.29, 1.82) is 0 Å². The summed E-state index contributed by atoms with van der Waals surface area (Å²) in [5.41, 5.74) is 0.838. The van der Waals surface area contributed by atoms with Crippen molar-refractivity contribution in [2.75, 3.05) is 13.6 Å². The number of pyridine rings is 1. The van der Waals surface area contributed by atoms with Crippen LogP contribution < -0.4 is 10.6 Å². The van der Waals surface area contributed by atoms with E-state index in [2.05, 4.69) is 15.6 Å². The van der Waals surface area contributed by atoms with E-state index in [9.17, 15) is 4.79 Å². The molecule has 3 N–H and O–H groups in total. The van der Waals surface area contributed by atoms with Crippen molar-refractivity contribution in [1.82, 2.24) is 15.6 Å². The van der Waals surface area contributed by atoms with Gasteiger partial charge in [-0.2, -0.15) is 0 Å². The zero-order valence-corrected chi connectivity index (χ0v) is 8.66. The Morgan fingerprint density at radius 3 is 2.93 bits per heavy atom. The van der Waals surface area contributed by atoms with Crippen molar-refractivity contribution in [3.8, 4) is 5.75 Å². The fourth-order valence-electron chi connectivity index (χ4n) is 1.06. The van der Waals surface area contributed by atoms with Gasteiger partial charge in [0.2, 0.25) is 5.91 Å². The van der Waals surface area contributed by atoms with Gasteiger partial charge >= 0.3 is 0 Å². The first-order chi connectivity index (χ1) is 7.22. The van der Waals surface area contributed by atoms with E-state index in [0.717, 1.165) is 5.69 Å². The highest BCUT2D eigenvalue weighted by Gasteiger charge is 1.98. The molecule has 0 spiro atoms. The summed E-state index contributed by atoms with van der Waals surface area (Å²) in [6.07, 6.45) is 1.85. The van der Waals surface area contributed by atoms with Gasteiger partial charge in [0.1, 0.15) is 5.75 Å². The second-order valence-corrected chi connectivity index (χ2v) is 3.11. The maximum Gasteiger partial charge on any atom is 0.221 e. The molecule has 82 valence electrons. The normalized spacial score (nSPS) is 9.93. The molecule has 1 aromatic heterocycles. The predicted molar refractivity (Wildman–Crippen MR) is 56.3 cm³/mol. The third-order valence-electron chi connectivity index (χ3n) is 1.92. The average molecular weight is 209 g/mol. The van der Waals surface area contributed by atoms with Crippen LogP contribution in [0.25, 0.3) is 0 Å². The molecule has 5 nitrogen and oxygen atoms in total. The fraction of sp³-hybridized carbons (Fsp3) is 0.400. The quantitative estimate of drug-likeness (QED) is 0.597. The van der Waals surface area contributed by atoms with Gasteiger partial charge in [0.15, 0.2) is 0 Å². The fourth-order valence-corrected chi connectivity index (χ4v) is 1.06. The van der Waals surface area contributed by atoms with Gasteiger partial charge in [-0.3, -0.25) is 9.78 Å². The van der Waals surface area contributed by atoms with Crippen LogP contribution in [0.1, 0.15) is 12.1 Å². The number of nitrogens with zero attached hydrogens (tertiary/aromatic N) is 1. The second kappa shape index (κ2) is 5.98. The molecule has 0 fully saturated rings. The molecule has 0 bridgehead atoms. The number of amides is 1. The van der Waals surface area contributed by atoms with Gasteiger partial charge in [0.25, 0.3) is 0 Å².